The number of aryl methyl sites for hydroxylation is 1. The van der Waals surface area contributed by atoms with Crippen molar-refractivity contribution in [3.8, 4) is 5.69 Å². The largest absolute Gasteiger partial charge is 0.481 e. The van der Waals surface area contributed by atoms with E-state index in [1.807, 2.05) is 30.3 Å². The van der Waals surface area contributed by atoms with Gasteiger partial charge in [0.1, 0.15) is 0 Å². The first-order valence-electron chi connectivity index (χ1n) is 9.30. The molecule has 29 heavy (non-hydrogen) atoms. The molecule has 3 aromatic rings. The minimum atomic E-state index is -0.831. The summed E-state index contributed by atoms with van der Waals surface area (Å²) in [5.41, 5.74) is 3.29. The van der Waals surface area contributed by atoms with Crippen molar-refractivity contribution in [3.05, 3.63) is 80.8 Å². The molecule has 0 saturated carbocycles. The van der Waals surface area contributed by atoms with Crippen LogP contribution >= 0.6 is 15.9 Å². The summed E-state index contributed by atoms with van der Waals surface area (Å²) in [5, 5.41) is 11.9. The van der Waals surface area contributed by atoms with Gasteiger partial charge in [0.15, 0.2) is 5.82 Å². The molecule has 150 valence electrons. The topological polar surface area (TPSA) is 84.2 Å². The number of halogens is 1. The molecule has 1 aromatic heterocycles. The molecule has 0 aliphatic rings. The number of rotatable bonds is 7. The van der Waals surface area contributed by atoms with Crippen LogP contribution in [0.4, 0.5) is 11.5 Å². The third kappa shape index (κ3) is 5.12. The minimum absolute atomic E-state index is 0.0765. The molecule has 0 bridgehead atoms. The standard InChI is InChI=1S/C22H22BrN3O3/c1-14(2)16-6-9-19(18(23)13-16)25-21-22(29)26(12-11-24-21)17-7-3-15(4-8-17)5-10-20(27)28/h3-4,6-9,11-14H,5,10H2,1-2H3,(H,24,25)(H,27,28). The molecule has 0 aliphatic heterocycles. The number of hydrogen-bond acceptors (Lipinski definition) is 4. The highest BCUT2D eigenvalue weighted by Gasteiger charge is 2.10. The quantitative estimate of drug-likeness (QED) is 0.530. The number of nitrogens with zero attached hydrogens (tertiary/aromatic N) is 2. The predicted molar refractivity (Wildman–Crippen MR) is 117 cm³/mol. The number of aliphatic carboxylic acids is 1. The zero-order chi connectivity index (χ0) is 21.0. The van der Waals surface area contributed by atoms with Crippen LogP contribution in [0.2, 0.25) is 0 Å². The monoisotopic (exact) mass is 455 g/mol. The van der Waals surface area contributed by atoms with E-state index in [0.717, 1.165) is 15.7 Å². The Balaban J connectivity index is 1.85. The van der Waals surface area contributed by atoms with Gasteiger partial charge in [-0.25, -0.2) is 4.98 Å². The van der Waals surface area contributed by atoms with Gasteiger partial charge >= 0.3 is 5.97 Å². The number of carbonyl (C=O) groups is 1. The van der Waals surface area contributed by atoms with Crippen molar-refractivity contribution in [1.82, 2.24) is 9.55 Å². The predicted octanol–water partition coefficient (Wildman–Crippen LogP) is 4.88. The fourth-order valence-electron chi connectivity index (χ4n) is 2.89. The number of nitrogens with one attached hydrogen (secondary N) is 1. The van der Waals surface area contributed by atoms with Crippen LogP contribution in [0, 0.1) is 0 Å². The molecular formula is C22H22BrN3O3. The van der Waals surface area contributed by atoms with E-state index < -0.39 is 5.97 Å². The van der Waals surface area contributed by atoms with Gasteiger partial charge in [-0.3, -0.25) is 14.2 Å². The number of carboxylic acids is 1. The fraction of sp³-hybridized carbons (Fsp3) is 0.227. The third-order valence-corrected chi connectivity index (χ3v) is 5.25. The van der Waals surface area contributed by atoms with E-state index in [4.69, 9.17) is 5.11 Å². The summed E-state index contributed by atoms with van der Waals surface area (Å²) < 4.78 is 2.37. The lowest BCUT2D eigenvalue weighted by Crippen LogP contribution is -2.21. The fourth-order valence-corrected chi connectivity index (χ4v) is 3.39. The average Bonchev–Trinajstić information content (AvgIpc) is 2.69. The maximum atomic E-state index is 12.9. The lowest BCUT2D eigenvalue weighted by atomic mass is 10.0. The van der Waals surface area contributed by atoms with Crippen LogP contribution in [0.25, 0.3) is 5.69 Å². The zero-order valence-corrected chi connectivity index (χ0v) is 17.8. The van der Waals surface area contributed by atoms with Crippen LogP contribution < -0.4 is 10.9 Å². The van der Waals surface area contributed by atoms with Gasteiger partial charge in [-0.05, 0) is 63.7 Å². The Labute approximate surface area is 177 Å². The first-order chi connectivity index (χ1) is 13.8. The summed E-state index contributed by atoms with van der Waals surface area (Å²) in [6, 6.07) is 13.2. The van der Waals surface area contributed by atoms with Gasteiger partial charge in [-0.15, -0.1) is 0 Å². The first-order valence-corrected chi connectivity index (χ1v) is 10.1. The van der Waals surface area contributed by atoms with Crippen LogP contribution in [0.15, 0.2) is 64.1 Å². The molecule has 0 amide bonds. The number of anilines is 2. The van der Waals surface area contributed by atoms with Crippen molar-refractivity contribution in [2.45, 2.75) is 32.6 Å². The average molecular weight is 456 g/mol. The maximum absolute atomic E-state index is 12.9. The summed E-state index contributed by atoms with van der Waals surface area (Å²) in [6.07, 6.45) is 3.70. The van der Waals surface area contributed by atoms with E-state index in [2.05, 4.69) is 40.1 Å². The Hall–Kier alpha value is -2.93. The van der Waals surface area contributed by atoms with Gasteiger partial charge in [0.25, 0.3) is 5.56 Å². The lowest BCUT2D eigenvalue weighted by molar-refractivity contribution is -0.136. The zero-order valence-electron chi connectivity index (χ0n) is 16.2. The Morgan fingerprint density at radius 1 is 1.21 bits per heavy atom. The molecule has 6 nitrogen and oxygen atoms in total. The number of benzene rings is 2. The molecule has 3 rings (SSSR count). The van der Waals surface area contributed by atoms with Gasteiger partial charge in [0.2, 0.25) is 0 Å². The smallest absolute Gasteiger partial charge is 0.303 e. The van der Waals surface area contributed by atoms with Crippen molar-refractivity contribution >= 4 is 33.4 Å². The minimum Gasteiger partial charge on any atom is -0.481 e. The third-order valence-electron chi connectivity index (χ3n) is 4.60. The van der Waals surface area contributed by atoms with Crippen molar-refractivity contribution in [2.24, 2.45) is 0 Å². The molecule has 0 spiro atoms. The van der Waals surface area contributed by atoms with Crippen LogP contribution in [0.1, 0.15) is 37.3 Å². The van der Waals surface area contributed by atoms with E-state index in [1.165, 1.54) is 10.1 Å². The Morgan fingerprint density at radius 3 is 2.55 bits per heavy atom. The van der Waals surface area contributed by atoms with Crippen molar-refractivity contribution in [1.29, 1.82) is 0 Å². The highest BCUT2D eigenvalue weighted by Crippen LogP contribution is 2.28. The molecular weight excluding hydrogens is 434 g/mol. The normalized spacial score (nSPS) is 10.9. The van der Waals surface area contributed by atoms with Crippen LogP contribution in [0.5, 0.6) is 0 Å². The van der Waals surface area contributed by atoms with E-state index in [9.17, 15) is 9.59 Å². The molecule has 0 saturated heterocycles. The molecule has 2 N–H and O–H groups in total. The van der Waals surface area contributed by atoms with Gasteiger partial charge in [0.05, 0.1) is 5.69 Å². The van der Waals surface area contributed by atoms with E-state index in [-0.39, 0.29) is 17.8 Å². The summed E-state index contributed by atoms with van der Waals surface area (Å²) >= 11 is 3.55. The Morgan fingerprint density at radius 2 is 1.93 bits per heavy atom. The summed E-state index contributed by atoms with van der Waals surface area (Å²) in [4.78, 5) is 27.8. The molecule has 0 fully saturated rings. The van der Waals surface area contributed by atoms with Crippen LogP contribution in [-0.4, -0.2) is 20.6 Å². The molecule has 0 radical (unpaired) electrons. The molecule has 1 heterocycles. The van der Waals surface area contributed by atoms with Crippen LogP contribution in [-0.2, 0) is 11.2 Å². The molecule has 7 heteroatoms. The maximum Gasteiger partial charge on any atom is 0.303 e. The van der Waals surface area contributed by atoms with Gasteiger partial charge in [-0.2, -0.15) is 0 Å². The van der Waals surface area contributed by atoms with Gasteiger partial charge in [-0.1, -0.05) is 32.0 Å². The first kappa shape index (κ1) is 20.8. The molecule has 0 atom stereocenters. The number of carboxylic acid groups (broad SMARTS) is 1. The number of hydrogen-bond donors (Lipinski definition) is 2. The van der Waals surface area contributed by atoms with Gasteiger partial charge in [0, 0.05) is 29.0 Å². The summed E-state index contributed by atoms with van der Waals surface area (Å²) in [5.74, 6) is -0.200. The van der Waals surface area contributed by atoms with Crippen molar-refractivity contribution < 1.29 is 9.90 Å². The lowest BCUT2D eigenvalue weighted by Gasteiger charge is -2.12. The molecule has 0 unspecified atom stereocenters. The molecule has 2 aromatic carbocycles. The summed E-state index contributed by atoms with van der Waals surface area (Å²) in [7, 11) is 0. The Kier molecular flexibility index (Phi) is 6.49. The molecule has 0 aliphatic carbocycles. The van der Waals surface area contributed by atoms with Gasteiger partial charge < -0.3 is 10.4 Å². The van der Waals surface area contributed by atoms with Crippen LogP contribution in [0.3, 0.4) is 0 Å². The van der Waals surface area contributed by atoms with Crippen molar-refractivity contribution in [3.63, 3.8) is 0 Å². The van der Waals surface area contributed by atoms with Crippen molar-refractivity contribution in [2.75, 3.05) is 5.32 Å². The second-order valence-electron chi connectivity index (χ2n) is 7.03. The van der Waals surface area contributed by atoms with E-state index in [0.29, 0.717) is 18.0 Å². The SMILES string of the molecule is CC(C)c1ccc(Nc2nccn(-c3ccc(CCC(=O)O)cc3)c2=O)c(Br)c1. The van der Waals surface area contributed by atoms with E-state index >= 15 is 0 Å². The highest BCUT2D eigenvalue weighted by molar-refractivity contribution is 9.10. The van der Waals surface area contributed by atoms with E-state index in [1.54, 1.807) is 24.5 Å². The number of aromatic nitrogens is 2. The second kappa shape index (κ2) is 9.05. The Bertz CT molecular complexity index is 1080. The highest BCUT2D eigenvalue weighted by atomic mass is 79.9. The summed E-state index contributed by atoms with van der Waals surface area (Å²) in [6.45, 7) is 4.25. The second-order valence-corrected chi connectivity index (χ2v) is 7.88.